The van der Waals surface area contributed by atoms with Gasteiger partial charge < -0.3 is 4.42 Å². The third-order valence-electron chi connectivity index (χ3n) is 5.19. The molecule has 0 N–H and O–H groups in total. The molecule has 156 valence electrons. The van der Waals surface area contributed by atoms with Crippen molar-refractivity contribution >= 4 is 46.6 Å². The second-order valence-electron chi connectivity index (χ2n) is 7.30. The molecular formula is C27H17Cl2NO2. The Morgan fingerprint density at radius 1 is 0.812 bits per heavy atom. The number of benzene rings is 3. The van der Waals surface area contributed by atoms with Gasteiger partial charge >= 0.3 is 0 Å². The summed E-state index contributed by atoms with van der Waals surface area (Å²) in [5.41, 5.74) is 3.82. The van der Waals surface area contributed by atoms with Gasteiger partial charge in [-0.3, -0.25) is 9.69 Å². The van der Waals surface area contributed by atoms with Gasteiger partial charge in [0.1, 0.15) is 11.5 Å². The highest BCUT2D eigenvalue weighted by Gasteiger charge is 2.30. The molecule has 0 spiro atoms. The topological polar surface area (TPSA) is 33.5 Å². The van der Waals surface area contributed by atoms with E-state index in [1.165, 1.54) is 0 Å². The number of nitrogens with zero attached hydrogens (tertiary/aromatic N) is 1. The molecule has 0 bridgehead atoms. The SMILES string of the molecule is O=C1/C(=C/c2ccc(-c3cc(Cl)ccc3Cl)o2)C=C(c2ccccc2)N1c1ccccc1. The van der Waals surface area contributed by atoms with Crippen molar-refractivity contribution in [1.82, 2.24) is 0 Å². The van der Waals surface area contributed by atoms with Gasteiger partial charge in [-0.05, 0) is 60.2 Å². The van der Waals surface area contributed by atoms with Crippen molar-refractivity contribution in [3.05, 3.63) is 124 Å². The monoisotopic (exact) mass is 457 g/mol. The Kier molecular flexibility index (Phi) is 5.44. The van der Waals surface area contributed by atoms with Crippen LogP contribution < -0.4 is 4.90 Å². The molecule has 2 heterocycles. The normalized spacial score (nSPS) is 14.8. The predicted molar refractivity (Wildman–Crippen MR) is 130 cm³/mol. The van der Waals surface area contributed by atoms with E-state index in [0.717, 1.165) is 16.9 Å². The Balaban J connectivity index is 1.55. The standard InChI is InChI=1S/C27H17Cl2NO2/c28-20-11-13-24(29)23(17-20)26-14-12-22(32-26)15-19-16-25(18-7-3-1-4-8-18)30(27(19)31)21-9-5-2-6-10-21/h1-17H/b19-15+. The third kappa shape index (κ3) is 3.89. The maximum atomic E-state index is 13.4. The molecule has 0 unspecified atom stereocenters. The molecule has 32 heavy (non-hydrogen) atoms. The minimum absolute atomic E-state index is 0.117. The maximum Gasteiger partial charge on any atom is 0.263 e. The number of hydrogen-bond acceptors (Lipinski definition) is 2. The van der Waals surface area contributed by atoms with Crippen LogP contribution in [0.5, 0.6) is 0 Å². The molecule has 0 saturated heterocycles. The maximum absolute atomic E-state index is 13.4. The van der Waals surface area contributed by atoms with Crippen molar-refractivity contribution in [2.75, 3.05) is 4.90 Å². The van der Waals surface area contributed by atoms with Gasteiger partial charge in [-0.1, -0.05) is 71.7 Å². The van der Waals surface area contributed by atoms with E-state index >= 15 is 0 Å². The van der Waals surface area contributed by atoms with Crippen molar-refractivity contribution < 1.29 is 9.21 Å². The first kappa shape index (κ1) is 20.4. The lowest BCUT2D eigenvalue weighted by atomic mass is 10.1. The molecule has 5 heteroatoms. The van der Waals surface area contributed by atoms with Crippen LogP contribution in [0.3, 0.4) is 0 Å². The molecule has 1 aliphatic rings. The summed E-state index contributed by atoms with van der Waals surface area (Å²) in [7, 11) is 0. The van der Waals surface area contributed by atoms with E-state index < -0.39 is 0 Å². The van der Waals surface area contributed by atoms with Crippen LogP contribution in [-0.2, 0) is 4.79 Å². The lowest BCUT2D eigenvalue weighted by Gasteiger charge is -2.20. The molecule has 4 aromatic rings. The zero-order valence-electron chi connectivity index (χ0n) is 16.8. The van der Waals surface area contributed by atoms with Crippen molar-refractivity contribution in [3.63, 3.8) is 0 Å². The van der Waals surface area contributed by atoms with Crippen LogP contribution in [0, 0.1) is 0 Å². The fourth-order valence-electron chi connectivity index (χ4n) is 3.68. The van der Waals surface area contributed by atoms with E-state index in [9.17, 15) is 4.79 Å². The number of hydrogen-bond donors (Lipinski definition) is 0. The first-order valence-electron chi connectivity index (χ1n) is 10.0. The second-order valence-corrected chi connectivity index (χ2v) is 8.14. The molecular weight excluding hydrogens is 441 g/mol. The third-order valence-corrected chi connectivity index (χ3v) is 5.75. The number of carbonyl (C=O) groups excluding carboxylic acids is 1. The Morgan fingerprint density at radius 2 is 1.53 bits per heavy atom. The Bertz CT molecular complexity index is 1350. The lowest BCUT2D eigenvalue weighted by molar-refractivity contribution is -0.113. The minimum Gasteiger partial charge on any atom is -0.457 e. The van der Waals surface area contributed by atoms with E-state index in [1.54, 1.807) is 29.2 Å². The van der Waals surface area contributed by atoms with E-state index in [0.29, 0.717) is 32.7 Å². The number of rotatable bonds is 4. The summed E-state index contributed by atoms with van der Waals surface area (Å²) in [6.45, 7) is 0. The average Bonchev–Trinajstić information content (AvgIpc) is 3.41. The highest BCUT2D eigenvalue weighted by molar-refractivity contribution is 6.35. The molecule has 0 radical (unpaired) electrons. The van der Waals surface area contributed by atoms with Gasteiger partial charge in [0.2, 0.25) is 0 Å². The Morgan fingerprint density at radius 3 is 2.28 bits per heavy atom. The summed E-state index contributed by atoms with van der Waals surface area (Å²) >= 11 is 12.4. The molecule has 3 aromatic carbocycles. The summed E-state index contributed by atoms with van der Waals surface area (Å²) in [4.78, 5) is 15.1. The quantitative estimate of drug-likeness (QED) is 0.293. The molecule has 1 aromatic heterocycles. The zero-order chi connectivity index (χ0) is 22.1. The lowest BCUT2D eigenvalue weighted by Crippen LogP contribution is -2.24. The van der Waals surface area contributed by atoms with Crippen LogP contribution in [-0.4, -0.2) is 5.91 Å². The van der Waals surface area contributed by atoms with Crippen LogP contribution in [0.15, 0.2) is 107 Å². The fourth-order valence-corrected chi connectivity index (χ4v) is 4.07. The van der Waals surface area contributed by atoms with Crippen molar-refractivity contribution in [2.24, 2.45) is 0 Å². The zero-order valence-corrected chi connectivity index (χ0v) is 18.3. The number of para-hydroxylation sites is 1. The second kappa shape index (κ2) is 8.54. The number of halogens is 2. The van der Waals surface area contributed by atoms with Crippen molar-refractivity contribution in [1.29, 1.82) is 0 Å². The van der Waals surface area contributed by atoms with Gasteiger partial charge in [0.25, 0.3) is 5.91 Å². The van der Waals surface area contributed by atoms with E-state index in [2.05, 4.69) is 0 Å². The van der Waals surface area contributed by atoms with Crippen molar-refractivity contribution in [3.8, 4) is 11.3 Å². The Hall–Kier alpha value is -3.53. The van der Waals surface area contributed by atoms with Crippen LogP contribution >= 0.6 is 23.2 Å². The van der Waals surface area contributed by atoms with E-state index in [4.69, 9.17) is 27.6 Å². The van der Waals surface area contributed by atoms with E-state index in [-0.39, 0.29) is 5.91 Å². The van der Waals surface area contributed by atoms with Crippen LogP contribution in [0.2, 0.25) is 10.0 Å². The number of amides is 1. The minimum atomic E-state index is -0.117. The van der Waals surface area contributed by atoms with Gasteiger partial charge in [0.05, 0.1) is 10.7 Å². The summed E-state index contributed by atoms with van der Waals surface area (Å²) in [6.07, 6.45) is 3.63. The number of carbonyl (C=O) groups is 1. The molecule has 5 rings (SSSR count). The van der Waals surface area contributed by atoms with Gasteiger partial charge in [-0.25, -0.2) is 0 Å². The molecule has 3 nitrogen and oxygen atoms in total. The smallest absolute Gasteiger partial charge is 0.263 e. The summed E-state index contributed by atoms with van der Waals surface area (Å²) < 4.78 is 5.98. The van der Waals surface area contributed by atoms with E-state index in [1.807, 2.05) is 78.9 Å². The van der Waals surface area contributed by atoms with Gasteiger partial charge in [-0.15, -0.1) is 0 Å². The van der Waals surface area contributed by atoms with Gasteiger partial charge in [0, 0.05) is 21.8 Å². The fraction of sp³-hybridized carbons (Fsp3) is 0. The average molecular weight is 458 g/mol. The van der Waals surface area contributed by atoms with Gasteiger partial charge in [-0.2, -0.15) is 0 Å². The van der Waals surface area contributed by atoms with Gasteiger partial charge in [0.15, 0.2) is 0 Å². The first-order valence-corrected chi connectivity index (χ1v) is 10.8. The molecule has 1 aliphatic heterocycles. The van der Waals surface area contributed by atoms with Crippen LogP contribution in [0.25, 0.3) is 23.1 Å². The molecule has 0 fully saturated rings. The van der Waals surface area contributed by atoms with Crippen LogP contribution in [0.1, 0.15) is 11.3 Å². The Labute approximate surface area is 195 Å². The number of furan rings is 1. The van der Waals surface area contributed by atoms with Crippen LogP contribution in [0.4, 0.5) is 5.69 Å². The summed E-state index contributed by atoms with van der Waals surface area (Å²) in [6, 6.07) is 28.3. The predicted octanol–water partition coefficient (Wildman–Crippen LogP) is 7.72. The highest BCUT2D eigenvalue weighted by atomic mass is 35.5. The molecule has 0 aliphatic carbocycles. The van der Waals surface area contributed by atoms with Crippen molar-refractivity contribution in [2.45, 2.75) is 0 Å². The first-order chi connectivity index (χ1) is 15.6. The molecule has 1 amide bonds. The largest absolute Gasteiger partial charge is 0.457 e. The molecule has 0 saturated carbocycles. The summed E-state index contributed by atoms with van der Waals surface area (Å²) in [5, 5.41) is 1.11. The number of anilines is 1. The highest BCUT2D eigenvalue weighted by Crippen LogP contribution is 2.36. The molecule has 0 atom stereocenters. The summed E-state index contributed by atoms with van der Waals surface area (Å²) in [5.74, 6) is 1.02.